The van der Waals surface area contributed by atoms with Gasteiger partial charge in [-0.25, -0.2) is 0 Å². The fourth-order valence-electron chi connectivity index (χ4n) is 3.38. The molecule has 1 aromatic carbocycles. The molecule has 1 aliphatic carbocycles. The lowest BCUT2D eigenvalue weighted by molar-refractivity contribution is 0.165. The van der Waals surface area contributed by atoms with Crippen LogP contribution < -0.4 is 5.32 Å². The summed E-state index contributed by atoms with van der Waals surface area (Å²) < 4.78 is 0. The smallest absolute Gasteiger partial charge is 0.0914 e. The SMILES string of the molecule is CC(C)Cc1ccc(C(O)CNC2CCC(C)C2C)cc1. The molecule has 1 aliphatic rings. The van der Waals surface area contributed by atoms with Crippen molar-refractivity contribution < 1.29 is 5.11 Å². The molecule has 0 aliphatic heterocycles. The number of nitrogens with one attached hydrogen (secondary N) is 1. The summed E-state index contributed by atoms with van der Waals surface area (Å²) in [7, 11) is 0. The van der Waals surface area contributed by atoms with Crippen molar-refractivity contribution in [1.82, 2.24) is 5.32 Å². The van der Waals surface area contributed by atoms with Crippen LogP contribution in [-0.2, 0) is 6.42 Å². The van der Waals surface area contributed by atoms with Crippen LogP contribution in [0.25, 0.3) is 0 Å². The zero-order chi connectivity index (χ0) is 15.4. The maximum atomic E-state index is 10.3. The molecule has 0 bridgehead atoms. The molecule has 0 radical (unpaired) electrons. The van der Waals surface area contributed by atoms with E-state index in [1.54, 1.807) is 0 Å². The normalized spacial score (nSPS) is 27.2. The average Bonchev–Trinajstić information content (AvgIpc) is 2.76. The van der Waals surface area contributed by atoms with Crippen LogP contribution >= 0.6 is 0 Å². The summed E-state index contributed by atoms with van der Waals surface area (Å²) >= 11 is 0. The monoisotopic (exact) mass is 289 g/mol. The summed E-state index contributed by atoms with van der Waals surface area (Å²) in [5.74, 6) is 2.19. The van der Waals surface area contributed by atoms with Gasteiger partial charge in [0.1, 0.15) is 0 Å². The van der Waals surface area contributed by atoms with E-state index in [4.69, 9.17) is 0 Å². The summed E-state index contributed by atoms with van der Waals surface area (Å²) in [5, 5.41) is 13.9. The first kappa shape index (κ1) is 16.5. The van der Waals surface area contributed by atoms with E-state index in [1.807, 2.05) is 0 Å². The molecule has 2 N–H and O–H groups in total. The minimum atomic E-state index is -0.402. The minimum absolute atomic E-state index is 0.402. The lowest BCUT2D eigenvalue weighted by Gasteiger charge is -2.22. The molecule has 4 atom stereocenters. The molecule has 21 heavy (non-hydrogen) atoms. The van der Waals surface area contributed by atoms with Gasteiger partial charge in [0.15, 0.2) is 0 Å². The average molecular weight is 289 g/mol. The predicted octanol–water partition coefficient (Wildman–Crippen LogP) is 3.94. The van der Waals surface area contributed by atoms with Crippen LogP contribution in [0.15, 0.2) is 24.3 Å². The Morgan fingerprint density at radius 1 is 1.14 bits per heavy atom. The summed E-state index contributed by atoms with van der Waals surface area (Å²) in [4.78, 5) is 0. The first-order valence-electron chi connectivity index (χ1n) is 8.47. The molecular weight excluding hydrogens is 258 g/mol. The third kappa shape index (κ3) is 4.55. The quantitative estimate of drug-likeness (QED) is 0.831. The lowest BCUT2D eigenvalue weighted by Crippen LogP contribution is -2.35. The van der Waals surface area contributed by atoms with Crippen LogP contribution in [0.4, 0.5) is 0 Å². The highest BCUT2D eigenvalue weighted by Gasteiger charge is 2.29. The van der Waals surface area contributed by atoms with E-state index in [1.165, 1.54) is 18.4 Å². The molecule has 2 heteroatoms. The van der Waals surface area contributed by atoms with Gasteiger partial charge in [-0.1, -0.05) is 52.0 Å². The van der Waals surface area contributed by atoms with E-state index in [2.05, 4.69) is 57.3 Å². The highest BCUT2D eigenvalue weighted by atomic mass is 16.3. The summed E-state index contributed by atoms with van der Waals surface area (Å²) in [6.07, 6.45) is 3.24. The summed E-state index contributed by atoms with van der Waals surface area (Å²) in [5.41, 5.74) is 2.38. The molecule has 0 saturated heterocycles. The van der Waals surface area contributed by atoms with E-state index in [-0.39, 0.29) is 0 Å². The van der Waals surface area contributed by atoms with E-state index in [0.29, 0.717) is 24.4 Å². The Hall–Kier alpha value is -0.860. The molecular formula is C19H31NO. The van der Waals surface area contributed by atoms with Crippen LogP contribution in [0, 0.1) is 17.8 Å². The molecule has 2 nitrogen and oxygen atoms in total. The Morgan fingerprint density at radius 3 is 2.33 bits per heavy atom. The lowest BCUT2D eigenvalue weighted by atomic mass is 9.97. The Balaban J connectivity index is 1.84. The standard InChI is InChI=1S/C19H31NO/c1-13(2)11-16-6-8-17(9-7-16)19(21)12-20-18-10-5-14(3)15(18)4/h6-9,13-15,18-21H,5,10-12H2,1-4H3. The van der Waals surface area contributed by atoms with Crippen LogP contribution in [0.2, 0.25) is 0 Å². The molecule has 1 aromatic rings. The second-order valence-electron chi connectivity index (χ2n) is 7.28. The third-order valence-electron chi connectivity index (χ3n) is 5.05. The Labute approximate surface area is 130 Å². The number of benzene rings is 1. The van der Waals surface area contributed by atoms with Crippen molar-refractivity contribution in [2.45, 2.75) is 59.1 Å². The van der Waals surface area contributed by atoms with Gasteiger partial charge in [0.05, 0.1) is 6.10 Å². The fraction of sp³-hybridized carbons (Fsp3) is 0.684. The van der Waals surface area contributed by atoms with Gasteiger partial charge in [0.2, 0.25) is 0 Å². The van der Waals surface area contributed by atoms with Crippen LogP contribution in [0.3, 0.4) is 0 Å². The molecule has 0 aromatic heterocycles. The molecule has 0 spiro atoms. The van der Waals surface area contributed by atoms with Gasteiger partial charge >= 0.3 is 0 Å². The third-order valence-corrected chi connectivity index (χ3v) is 5.05. The highest BCUT2D eigenvalue weighted by Crippen LogP contribution is 2.31. The zero-order valence-electron chi connectivity index (χ0n) is 14.0. The fourth-order valence-corrected chi connectivity index (χ4v) is 3.38. The Bertz CT molecular complexity index is 426. The van der Waals surface area contributed by atoms with Crippen molar-refractivity contribution in [3.8, 4) is 0 Å². The van der Waals surface area contributed by atoms with Crippen LogP contribution in [-0.4, -0.2) is 17.7 Å². The molecule has 4 unspecified atom stereocenters. The van der Waals surface area contributed by atoms with Gasteiger partial charge < -0.3 is 10.4 Å². The highest BCUT2D eigenvalue weighted by molar-refractivity contribution is 5.24. The van der Waals surface area contributed by atoms with Gasteiger partial charge in [-0.2, -0.15) is 0 Å². The summed E-state index contributed by atoms with van der Waals surface area (Å²) in [6, 6.07) is 9.02. The summed E-state index contributed by atoms with van der Waals surface area (Å²) in [6.45, 7) is 9.77. The van der Waals surface area contributed by atoms with Crippen molar-refractivity contribution >= 4 is 0 Å². The maximum Gasteiger partial charge on any atom is 0.0914 e. The molecule has 0 amide bonds. The Morgan fingerprint density at radius 2 is 1.81 bits per heavy atom. The number of hydrogen-bond donors (Lipinski definition) is 2. The van der Waals surface area contributed by atoms with Crippen molar-refractivity contribution in [2.24, 2.45) is 17.8 Å². The Kier molecular flexibility index (Phi) is 5.83. The van der Waals surface area contributed by atoms with Gasteiger partial charge in [-0.05, 0) is 48.1 Å². The topological polar surface area (TPSA) is 32.3 Å². The molecule has 1 fully saturated rings. The van der Waals surface area contributed by atoms with E-state index in [9.17, 15) is 5.11 Å². The zero-order valence-corrected chi connectivity index (χ0v) is 14.0. The van der Waals surface area contributed by atoms with E-state index in [0.717, 1.165) is 17.9 Å². The largest absolute Gasteiger partial charge is 0.387 e. The van der Waals surface area contributed by atoms with Crippen molar-refractivity contribution in [1.29, 1.82) is 0 Å². The van der Waals surface area contributed by atoms with Gasteiger partial charge in [-0.15, -0.1) is 0 Å². The van der Waals surface area contributed by atoms with E-state index >= 15 is 0 Å². The van der Waals surface area contributed by atoms with Crippen molar-refractivity contribution in [3.63, 3.8) is 0 Å². The molecule has 118 valence electrons. The first-order chi connectivity index (χ1) is 9.97. The second kappa shape index (κ2) is 7.42. The number of hydrogen-bond acceptors (Lipinski definition) is 2. The number of rotatable bonds is 6. The second-order valence-corrected chi connectivity index (χ2v) is 7.28. The van der Waals surface area contributed by atoms with Crippen LogP contribution in [0.5, 0.6) is 0 Å². The number of aliphatic hydroxyl groups excluding tert-OH is 1. The van der Waals surface area contributed by atoms with Gasteiger partial charge in [0, 0.05) is 12.6 Å². The molecule has 0 heterocycles. The van der Waals surface area contributed by atoms with Crippen molar-refractivity contribution in [3.05, 3.63) is 35.4 Å². The first-order valence-corrected chi connectivity index (χ1v) is 8.47. The predicted molar refractivity (Wildman–Crippen MR) is 89.3 cm³/mol. The number of aliphatic hydroxyl groups is 1. The van der Waals surface area contributed by atoms with Crippen LogP contribution in [0.1, 0.15) is 57.8 Å². The van der Waals surface area contributed by atoms with Gasteiger partial charge in [0.25, 0.3) is 0 Å². The van der Waals surface area contributed by atoms with E-state index < -0.39 is 6.10 Å². The maximum absolute atomic E-state index is 10.3. The van der Waals surface area contributed by atoms with Crippen molar-refractivity contribution in [2.75, 3.05) is 6.54 Å². The molecule has 2 rings (SSSR count). The van der Waals surface area contributed by atoms with Gasteiger partial charge in [-0.3, -0.25) is 0 Å². The minimum Gasteiger partial charge on any atom is -0.387 e. The molecule has 1 saturated carbocycles.